The van der Waals surface area contributed by atoms with Crippen LogP contribution in [0.4, 0.5) is 20.2 Å². The lowest BCUT2D eigenvalue weighted by Gasteiger charge is -2.16. The van der Waals surface area contributed by atoms with Gasteiger partial charge in [0.2, 0.25) is 0 Å². The van der Waals surface area contributed by atoms with Crippen LogP contribution in [0.5, 0.6) is 5.75 Å². The van der Waals surface area contributed by atoms with E-state index in [2.05, 4.69) is 5.32 Å². The molecule has 0 spiro atoms. The molecule has 33 heavy (non-hydrogen) atoms. The molecule has 0 aromatic heterocycles. The Kier molecular flexibility index (Phi) is 6.22. The number of carbonyl (C=O) groups is 2. The summed E-state index contributed by atoms with van der Waals surface area (Å²) in [6.45, 7) is 4.39. The van der Waals surface area contributed by atoms with Crippen molar-refractivity contribution in [3.05, 3.63) is 95.2 Å². The Labute approximate surface area is 190 Å². The summed E-state index contributed by atoms with van der Waals surface area (Å²) in [7, 11) is 0. The fourth-order valence-corrected chi connectivity index (χ4v) is 3.52. The van der Waals surface area contributed by atoms with Crippen LogP contribution in [0.2, 0.25) is 0 Å². The molecule has 3 aromatic rings. The second-order valence-corrected chi connectivity index (χ2v) is 7.66. The van der Waals surface area contributed by atoms with Crippen LogP contribution in [0.1, 0.15) is 24.5 Å². The first kappa shape index (κ1) is 22.2. The van der Waals surface area contributed by atoms with Crippen molar-refractivity contribution in [3.8, 4) is 5.75 Å². The summed E-state index contributed by atoms with van der Waals surface area (Å²) < 4.78 is 32.8. The molecule has 0 unspecified atom stereocenters. The number of halogens is 2. The van der Waals surface area contributed by atoms with Gasteiger partial charge in [0.15, 0.2) is 11.6 Å². The zero-order valence-electron chi connectivity index (χ0n) is 18.2. The molecule has 4 rings (SSSR count). The summed E-state index contributed by atoms with van der Waals surface area (Å²) in [6.07, 6.45) is 0.813. The normalized spacial score (nSPS) is 13.6. The van der Waals surface area contributed by atoms with Gasteiger partial charge in [0.25, 0.3) is 11.8 Å². The van der Waals surface area contributed by atoms with Crippen LogP contribution in [-0.2, 0) is 9.59 Å². The number of hydrogen-bond donors (Lipinski definition) is 1. The Balaban J connectivity index is 1.77. The van der Waals surface area contributed by atoms with E-state index in [0.29, 0.717) is 23.6 Å². The first-order chi connectivity index (χ1) is 15.9. The SMILES string of the molecule is CCCOc1cccc(N2C(=O)C(Nc3ccc(F)c(F)c3)=C(c3ccc(C)cc3)C2=O)c1. The topological polar surface area (TPSA) is 58.6 Å². The van der Waals surface area contributed by atoms with Crippen molar-refractivity contribution < 1.29 is 23.1 Å². The number of hydrogen-bond acceptors (Lipinski definition) is 4. The van der Waals surface area contributed by atoms with Gasteiger partial charge in [0.05, 0.1) is 17.9 Å². The molecule has 0 fully saturated rings. The Bertz CT molecular complexity index is 1250. The first-order valence-corrected chi connectivity index (χ1v) is 10.5. The predicted octanol–water partition coefficient (Wildman–Crippen LogP) is 5.46. The predicted molar refractivity (Wildman–Crippen MR) is 123 cm³/mol. The lowest BCUT2D eigenvalue weighted by Crippen LogP contribution is -2.32. The van der Waals surface area contributed by atoms with E-state index in [9.17, 15) is 18.4 Å². The van der Waals surface area contributed by atoms with Crippen molar-refractivity contribution >= 4 is 28.8 Å². The lowest BCUT2D eigenvalue weighted by molar-refractivity contribution is -0.120. The maximum atomic E-state index is 13.8. The molecule has 0 radical (unpaired) electrons. The quantitative estimate of drug-likeness (QED) is 0.488. The molecule has 1 aliphatic rings. The number of amides is 2. The summed E-state index contributed by atoms with van der Waals surface area (Å²) >= 11 is 0. The van der Waals surface area contributed by atoms with E-state index in [0.717, 1.165) is 29.0 Å². The molecule has 3 aromatic carbocycles. The highest BCUT2D eigenvalue weighted by Crippen LogP contribution is 2.35. The minimum Gasteiger partial charge on any atom is -0.494 e. The van der Waals surface area contributed by atoms with Gasteiger partial charge in [0.1, 0.15) is 11.4 Å². The Hall–Kier alpha value is -4.00. The smallest absolute Gasteiger partial charge is 0.282 e. The molecular weight excluding hydrogens is 426 g/mol. The second kappa shape index (κ2) is 9.24. The lowest BCUT2D eigenvalue weighted by atomic mass is 10.0. The van der Waals surface area contributed by atoms with Gasteiger partial charge in [-0.25, -0.2) is 13.7 Å². The summed E-state index contributed by atoms with van der Waals surface area (Å²) in [4.78, 5) is 28.0. The van der Waals surface area contributed by atoms with Crippen LogP contribution >= 0.6 is 0 Å². The van der Waals surface area contributed by atoms with Crippen molar-refractivity contribution in [1.82, 2.24) is 0 Å². The molecule has 7 heteroatoms. The van der Waals surface area contributed by atoms with E-state index >= 15 is 0 Å². The van der Waals surface area contributed by atoms with E-state index in [-0.39, 0.29) is 17.0 Å². The van der Waals surface area contributed by atoms with Crippen molar-refractivity contribution in [2.24, 2.45) is 0 Å². The fraction of sp³-hybridized carbons (Fsp3) is 0.154. The number of anilines is 2. The highest BCUT2D eigenvalue weighted by molar-refractivity contribution is 6.46. The number of rotatable bonds is 7. The monoisotopic (exact) mass is 448 g/mol. The molecule has 0 saturated heterocycles. The van der Waals surface area contributed by atoms with Crippen molar-refractivity contribution in [1.29, 1.82) is 0 Å². The Morgan fingerprint density at radius 1 is 0.909 bits per heavy atom. The molecule has 0 atom stereocenters. The van der Waals surface area contributed by atoms with Gasteiger partial charge in [-0.2, -0.15) is 0 Å². The van der Waals surface area contributed by atoms with Crippen LogP contribution < -0.4 is 15.0 Å². The Morgan fingerprint density at radius 2 is 1.67 bits per heavy atom. The molecule has 2 amide bonds. The minimum absolute atomic E-state index is 0.0188. The first-order valence-electron chi connectivity index (χ1n) is 10.5. The maximum absolute atomic E-state index is 13.8. The van der Waals surface area contributed by atoms with Crippen molar-refractivity contribution in [2.75, 3.05) is 16.8 Å². The number of nitrogens with zero attached hydrogens (tertiary/aromatic N) is 1. The number of carbonyl (C=O) groups excluding carboxylic acids is 2. The van der Waals surface area contributed by atoms with E-state index in [1.54, 1.807) is 36.4 Å². The summed E-state index contributed by atoms with van der Waals surface area (Å²) in [5, 5.41) is 2.83. The molecule has 0 saturated carbocycles. The third-order valence-electron chi connectivity index (χ3n) is 5.16. The van der Waals surface area contributed by atoms with Crippen LogP contribution in [0, 0.1) is 18.6 Å². The Morgan fingerprint density at radius 3 is 2.36 bits per heavy atom. The summed E-state index contributed by atoms with van der Waals surface area (Å²) in [6, 6.07) is 17.1. The second-order valence-electron chi connectivity index (χ2n) is 7.66. The molecular formula is C26H22F2N2O3. The molecule has 168 valence electrons. The third-order valence-corrected chi connectivity index (χ3v) is 5.16. The van der Waals surface area contributed by atoms with E-state index in [1.165, 1.54) is 6.07 Å². The number of imide groups is 1. The number of nitrogens with one attached hydrogen (secondary N) is 1. The molecule has 1 aliphatic heterocycles. The van der Waals surface area contributed by atoms with Gasteiger partial charge < -0.3 is 10.1 Å². The van der Waals surface area contributed by atoms with Gasteiger partial charge in [-0.05, 0) is 43.2 Å². The van der Waals surface area contributed by atoms with E-state index in [4.69, 9.17) is 4.74 Å². The molecule has 1 heterocycles. The zero-order chi connectivity index (χ0) is 23.5. The van der Waals surface area contributed by atoms with E-state index in [1.807, 2.05) is 26.0 Å². The number of ether oxygens (including phenoxy) is 1. The van der Waals surface area contributed by atoms with Gasteiger partial charge in [-0.15, -0.1) is 0 Å². The maximum Gasteiger partial charge on any atom is 0.282 e. The fourth-order valence-electron chi connectivity index (χ4n) is 3.52. The van der Waals surface area contributed by atoms with Crippen LogP contribution in [0.15, 0.2) is 72.4 Å². The van der Waals surface area contributed by atoms with Crippen LogP contribution in [0.25, 0.3) is 5.57 Å². The van der Waals surface area contributed by atoms with Crippen LogP contribution in [-0.4, -0.2) is 18.4 Å². The van der Waals surface area contributed by atoms with Gasteiger partial charge >= 0.3 is 0 Å². The van der Waals surface area contributed by atoms with Gasteiger partial charge in [-0.1, -0.05) is 42.8 Å². The largest absolute Gasteiger partial charge is 0.494 e. The standard InChI is InChI=1S/C26H22F2N2O3/c1-3-13-33-20-6-4-5-19(15-20)30-25(31)23(17-9-7-16(2)8-10-17)24(26(30)32)29-18-11-12-21(27)22(28)14-18/h4-12,14-15,29H,3,13H2,1-2H3. The van der Waals surface area contributed by atoms with Gasteiger partial charge in [0, 0.05) is 17.8 Å². The summed E-state index contributed by atoms with van der Waals surface area (Å²) in [5.74, 6) is -2.66. The molecule has 0 aliphatic carbocycles. The number of benzene rings is 3. The minimum atomic E-state index is -1.06. The van der Waals surface area contributed by atoms with Crippen molar-refractivity contribution in [3.63, 3.8) is 0 Å². The molecule has 0 bridgehead atoms. The number of aryl methyl sites for hydroxylation is 1. The molecule has 1 N–H and O–H groups in total. The average Bonchev–Trinajstić information content (AvgIpc) is 3.05. The van der Waals surface area contributed by atoms with E-state index < -0.39 is 23.4 Å². The van der Waals surface area contributed by atoms with Crippen molar-refractivity contribution in [2.45, 2.75) is 20.3 Å². The summed E-state index contributed by atoms with van der Waals surface area (Å²) in [5.41, 5.74) is 2.15. The van der Waals surface area contributed by atoms with Gasteiger partial charge in [-0.3, -0.25) is 9.59 Å². The van der Waals surface area contributed by atoms with Crippen LogP contribution in [0.3, 0.4) is 0 Å². The highest BCUT2D eigenvalue weighted by atomic mass is 19.2. The third kappa shape index (κ3) is 4.48. The molecule has 5 nitrogen and oxygen atoms in total. The highest BCUT2D eigenvalue weighted by Gasteiger charge is 2.40. The average molecular weight is 448 g/mol. The zero-order valence-corrected chi connectivity index (χ0v) is 18.2.